The predicted molar refractivity (Wildman–Crippen MR) is 73.0 cm³/mol. The van der Waals surface area contributed by atoms with Gasteiger partial charge in [0.2, 0.25) is 5.91 Å². The minimum absolute atomic E-state index is 0.387. The van der Waals surface area contributed by atoms with Crippen LogP contribution >= 0.6 is 11.6 Å². The van der Waals surface area contributed by atoms with Crippen molar-refractivity contribution in [3.8, 4) is 0 Å². The molecule has 1 amide bonds. The van der Waals surface area contributed by atoms with E-state index in [1.165, 1.54) is 0 Å². The van der Waals surface area contributed by atoms with E-state index in [-0.39, 0.29) is 5.91 Å². The summed E-state index contributed by atoms with van der Waals surface area (Å²) in [6, 6.07) is 5.25. The number of benzene rings is 1. The summed E-state index contributed by atoms with van der Waals surface area (Å²) in [4.78, 5) is 13.7. The maximum absolute atomic E-state index is 11.3. The Morgan fingerprint density at radius 1 is 1.39 bits per heavy atom. The third kappa shape index (κ3) is 3.45. The number of carbonyl (C=O) groups excluding carboxylic acids is 1. The van der Waals surface area contributed by atoms with E-state index in [1.807, 2.05) is 6.07 Å². The molecule has 1 fully saturated rings. The average molecular weight is 268 g/mol. The number of amides is 1. The summed E-state index contributed by atoms with van der Waals surface area (Å²) in [5.74, 6) is -0.387. The van der Waals surface area contributed by atoms with Crippen LogP contribution in [0.15, 0.2) is 18.2 Å². The maximum Gasteiger partial charge on any atom is 0.248 e. The molecule has 0 atom stereocenters. The van der Waals surface area contributed by atoms with Gasteiger partial charge in [-0.15, -0.1) is 0 Å². The van der Waals surface area contributed by atoms with Crippen LogP contribution in [0.25, 0.3) is 0 Å². The van der Waals surface area contributed by atoms with Crippen molar-refractivity contribution in [1.82, 2.24) is 10.2 Å². The first-order valence-electron chi connectivity index (χ1n) is 6.18. The Hall–Kier alpha value is -1.10. The zero-order chi connectivity index (χ0) is 13.0. The van der Waals surface area contributed by atoms with Gasteiger partial charge in [-0.1, -0.05) is 11.6 Å². The van der Waals surface area contributed by atoms with Gasteiger partial charge in [-0.3, -0.25) is 4.79 Å². The van der Waals surface area contributed by atoms with Gasteiger partial charge < -0.3 is 16.0 Å². The topological polar surface area (TPSA) is 58.4 Å². The molecule has 2 rings (SSSR count). The number of carbonyl (C=O) groups is 1. The largest absolute Gasteiger partial charge is 0.366 e. The van der Waals surface area contributed by atoms with Crippen LogP contribution in [-0.2, 0) is 6.42 Å². The lowest BCUT2D eigenvalue weighted by Gasteiger charge is -2.27. The molecule has 5 heteroatoms. The summed E-state index contributed by atoms with van der Waals surface area (Å²) >= 11 is 5.97. The fourth-order valence-electron chi connectivity index (χ4n) is 2.22. The minimum atomic E-state index is -0.387. The van der Waals surface area contributed by atoms with Crippen LogP contribution in [0, 0.1) is 0 Å². The van der Waals surface area contributed by atoms with Gasteiger partial charge in [0.25, 0.3) is 0 Å². The van der Waals surface area contributed by atoms with Crippen LogP contribution in [0.4, 0.5) is 0 Å². The van der Waals surface area contributed by atoms with E-state index in [0.717, 1.165) is 44.7 Å². The van der Waals surface area contributed by atoms with Crippen molar-refractivity contribution in [2.75, 3.05) is 32.7 Å². The molecule has 3 N–H and O–H groups in total. The molecule has 1 aliphatic heterocycles. The van der Waals surface area contributed by atoms with Gasteiger partial charge in [0.05, 0.1) is 0 Å². The highest BCUT2D eigenvalue weighted by atomic mass is 35.5. The van der Waals surface area contributed by atoms with E-state index < -0.39 is 0 Å². The molecule has 0 radical (unpaired) electrons. The third-order valence-corrected chi connectivity index (χ3v) is 3.47. The molecular weight excluding hydrogens is 250 g/mol. The number of hydrogen-bond donors (Lipinski definition) is 2. The quantitative estimate of drug-likeness (QED) is 0.852. The minimum Gasteiger partial charge on any atom is -0.366 e. The van der Waals surface area contributed by atoms with E-state index in [1.54, 1.807) is 12.1 Å². The Morgan fingerprint density at radius 2 is 2.11 bits per heavy atom. The number of piperazine rings is 1. The normalized spacial score (nSPS) is 16.7. The zero-order valence-corrected chi connectivity index (χ0v) is 11.0. The lowest BCUT2D eigenvalue weighted by Crippen LogP contribution is -2.44. The SMILES string of the molecule is NC(=O)c1ccc(Cl)cc1CCN1CCNCC1. The fourth-order valence-corrected chi connectivity index (χ4v) is 2.42. The Balaban J connectivity index is 2.03. The highest BCUT2D eigenvalue weighted by molar-refractivity contribution is 6.30. The molecule has 0 spiro atoms. The molecule has 4 nitrogen and oxygen atoms in total. The highest BCUT2D eigenvalue weighted by Gasteiger charge is 2.12. The number of nitrogens with two attached hydrogens (primary N) is 1. The monoisotopic (exact) mass is 267 g/mol. The molecule has 0 aromatic heterocycles. The number of nitrogens with zero attached hydrogens (tertiary/aromatic N) is 1. The first kappa shape index (κ1) is 13.3. The van der Waals surface area contributed by atoms with Crippen LogP contribution in [-0.4, -0.2) is 43.5 Å². The Kier molecular flexibility index (Phi) is 4.58. The first-order chi connectivity index (χ1) is 8.66. The predicted octanol–water partition coefficient (Wildman–Crippen LogP) is 0.887. The summed E-state index contributed by atoms with van der Waals surface area (Å²) in [7, 11) is 0. The molecule has 0 aliphatic carbocycles. The van der Waals surface area contributed by atoms with Crippen LogP contribution in [0.1, 0.15) is 15.9 Å². The molecule has 0 saturated carbocycles. The average Bonchev–Trinajstić information content (AvgIpc) is 2.37. The number of hydrogen-bond acceptors (Lipinski definition) is 3. The molecule has 1 heterocycles. The fraction of sp³-hybridized carbons (Fsp3) is 0.462. The highest BCUT2D eigenvalue weighted by Crippen LogP contribution is 2.17. The molecule has 0 unspecified atom stereocenters. The second-order valence-corrected chi connectivity index (χ2v) is 4.94. The van der Waals surface area contributed by atoms with E-state index in [4.69, 9.17) is 17.3 Å². The lowest BCUT2D eigenvalue weighted by molar-refractivity contribution is 0.0999. The molecular formula is C13H18ClN3O. The maximum atomic E-state index is 11.3. The summed E-state index contributed by atoms with van der Waals surface area (Å²) < 4.78 is 0. The lowest BCUT2D eigenvalue weighted by atomic mass is 10.0. The first-order valence-corrected chi connectivity index (χ1v) is 6.56. The Bertz CT molecular complexity index is 430. The summed E-state index contributed by atoms with van der Waals surface area (Å²) in [6.07, 6.45) is 0.804. The number of rotatable bonds is 4. The van der Waals surface area contributed by atoms with Gasteiger partial charge in [-0.2, -0.15) is 0 Å². The van der Waals surface area contributed by atoms with Crippen molar-refractivity contribution in [2.45, 2.75) is 6.42 Å². The van der Waals surface area contributed by atoms with Gasteiger partial charge in [0.1, 0.15) is 0 Å². The number of halogens is 1. The second-order valence-electron chi connectivity index (χ2n) is 4.51. The molecule has 1 aromatic rings. The van der Waals surface area contributed by atoms with Gasteiger partial charge in [-0.25, -0.2) is 0 Å². The van der Waals surface area contributed by atoms with Crippen LogP contribution < -0.4 is 11.1 Å². The zero-order valence-electron chi connectivity index (χ0n) is 10.3. The van der Waals surface area contributed by atoms with E-state index in [0.29, 0.717) is 10.6 Å². The van der Waals surface area contributed by atoms with Crippen LogP contribution in [0.2, 0.25) is 5.02 Å². The number of nitrogens with one attached hydrogen (secondary N) is 1. The summed E-state index contributed by atoms with van der Waals surface area (Å²) in [6.45, 7) is 5.08. The van der Waals surface area contributed by atoms with Crippen LogP contribution in [0.5, 0.6) is 0 Å². The van der Waals surface area contributed by atoms with Crippen LogP contribution in [0.3, 0.4) is 0 Å². The van der Waals surface area contributed by atoms with Crippen molar-refractivity contribution < 1.29 is 4.79 Å². The van der Waals surface area contributed by atoms with Gasteiger partial charge in [0, 0.05) is 43.3 Å². The van der Waals surface area contributed by atoms with Gasteiger partial charge in [0.15, 0.2) is 0 Å². The standard InChI is InChI=1S/C13H18ClN3O/c14-11-1-2-12(13(15)18)10(9-11)3-6-17-7-4-16-5-8-17/h1-2,9,16H,3-8H2,(H2,15,18). The van der Waals surface area contributed by atoms with Gasteiger partial charge >= 0.3 is 0 Å². The van der Waals surface area contributed by atoms with Crippen molar-refractivity contribution in [3.63, 3.8) is 0 Å². The molecule has 1 aromatic carbocycles. The van der Waals surface area contributed by atoms with Crippen molar-refractivity contribution in [2.24, 2.45) is 5.73 Å². The summed E-state index contributed by atoms with van der Waals surface area (Å²) in [5.41, 5.74) is 6.88. The molecule has 1 saturated heterocycles. The van der Waals surface area contributed by atoms with E-state index in [2.05, 4.69) is 10.2 Å². The molecule has 98 valence electrons. The third-order valence-electron chi connectivity index (χ3n) is 3.24. The molecule has 18 heavy (non-hydrogen) atoms. The van der Waals surface area contributed by atoms with E-state index >= 15 is 0 Å². The Labute approximate surface area is 112 Å². The van der Waals surface area contributed by atoms with Crippen molar-refractivity contribution >= 4 is 17.5 Å². The van der Waals surface area contributed by atoms with Crippen molar-refractivity contribution in [3.05, 3.63) is 34.3 Å². The smallest absolute Gasteiger partial charge is 0.248 e. The van der Waals surface area contributed by atoms with E-state index in [9.17, 15) is 4.79 Å². The number of primary amides is 1. The molecule has 0 bridgehead atoms. The Morgan fingerprint density at radius 3 is 2.78 bits per heavy atom. The second kappa shape index (κ2) is 6.18. The summed E-state index contributed by atoms with van der Waals surface area (Å²) in [5, 5.41) is 3.96. The van der Waals surface area contributed by atoms with Crippen molar-refractivity contribution in [1.29, 1.82) is 0 Å². The van der Waals surface area contributed by atoms with Gasteiger partial charge in [-0.05, 0) is 30.2 Å². The molecule has 1 aliphatic rings.